The summed E-state index contributed by atoms with van der Waals surface area (Å²) in [4.78, 5) is 53.2. The molecule has 1 aliphatic heterocycles. The molecule has 0 bridgehead atoms. The summed E-state index contributed by atoms with van der Waals surface area (Å²) in [7, 11) is 1.52. The van der Waals surface area contributed by atoms with Crippen molar-refractivity contribution in [3.63, 3.8) is 0 Å². The van der Waals surface area contributed by atoms with Gasteiger partial charge in [-0.15, -0.1) is 0 Å². The number of likely N-dealkylation sites (tertiary alicyclic amines) is 1. The van der Waals surface area contributed by atoms with Gasteiger partial charge in [0.15, 0.2) is 0 Å². The topological polar surface area (TPSA) is 156 Å². The van der Waals surface area contributed by atoms with Crippen LogP contribution in [0.4, 0.5) is 11.5 Å². The van der Waals surface area contributed by atoms with Gasteiger partial charge in [-0.2, -0.15) is 0 Å². The van der Waals surface area contributed by atoms with Crippen LogP contribution in [-0.2, 0) is 14.3 Å². The zero-order chi connectivity index (χ0) is 25.5. The first-order valence-electron chi connectivity index (χ1n) is 11.0. The standard InChI is InChI=1S/C23H28ClN5O6/c1-3-35-23(33)13-4-6-14(7-5-13)26-19(30)12-29-9-8-17(18(11-29)34-2)27-21(31)15-10-16(24)20(25)28-22(15)32/h4-7,10,17-18H,3,8-9,11-12H2,1-2H3,(H,26,30)(H,27,31)(H3,25,28,32)/t17-,18+/m0/s1. The van der Waals surface area contributed by atoms with Gasteiger partial charge >= 0.3 is 5.97 Å². The molecule has 1 fully saturated rings. The summed E-state index contributed by atoms with van der Waals surface area (Å²) in [5.74, 6) is -1.24. The van der Waals surface area contributed by atoms with Crippen LogP contribution in [0.2, 0.25) is 5.02 Å². The second-order valence-electron chi connectivity index (χ2n) is 8.00. The van der Waals surface area contributed by atoms with E-state index in [4.69, 9.17) is 26.8 Å². The lowest BCUT2D eigenvalue weighted by Crippen LogP contribution is -2.56. The van der Waals surface area contributed by atoms with Crippen LogP contribution in [0.1, 0.15) is 34.1 Å². The number of aromatic nitrogens is 1. The summed E-state index contributed by atoms with van der Waals surface area (Å²) in [5, 5.41) is 5.69. The number of pyridine rings is 1. The number of piperidine rings is 1. The molecule has 1 aliphatic rings. The highest BCUT2D eigenvalue weighted by Crippen LogP contribution is 2.17. The Morgan fingerprint density at radius 1 is 1.26 bits per heavy atom. The van der Waals surface area contributed by atoms with Gasteiger partial charge in [-0.3, -0.25) is 19.3 Å². The van der Waals surface area contributed by atoms with E-state index in [0.29, 0.717) is 30.8 Å². The van der Waals surface area contributed by atoms with Gasteiger partial charge in [0.1, 0.15) is 11.4 Å². The first kappa shape index (κ1) is 26.2. The molecule has 1 aromatic carbocycles. The molecule has 3 rings (SSSR count). The van der Waals surface area contributed by atoms with Crippen molar-refractivity contribution in [2.24, 2.45) is 0 Å². The number of nitrogens with zero attached hydrogens (tertiary/aromatic N) is 1. The molecule has 188 valence electrons. The summed E-state index contributed by atoms with van der Waals surface area (Å²) in [6.07, 6.45) is 0.111. The lowest BCUT2D eigenvalue weighted by atomic mass is 10.0. The van der Waals surface area contributed by atoms with Crippen LogP contribution in [0.25, 0.3) is 0 Å². The zero-order valence-electron chi connectivity index (χ0n) is 19.4. The maximum atomic E-state index is 12.6. The summed E-state index contributed by atoms with van der Waals surface area (Å²) >= 11 is 5.92. The molecule has 11 nitrogen and oxygen atoms in total. The minimum absolute atomic E-state index is 0.00971. The second-order valence-corrected chi connectivity index (χ2v) is 8.40. The number of nitrogens with two attached hydrogens (primary N) is 1. The first-order valence-corrected chi connectivity index (χ1v) is 11.4. The van der Waals surface area contributed by atoms with E-state index in [1.807, 2.05) is 4.90 Å². The van der Waals surface area contributed by atoms with Crippen molar-refractivity contribution in [3.05, 3.63) is 56.8 Å². The van der Waals surface area contributed by atoms with Gasteiger partial charge < -0.3 is 30.8 Å². The van der Waals surface area contributed by atoms with Crippen molar-refractivity contribution in [1.82, 2.24) is 15.2 Å². The van der Waals surface area contributed by atoms with Crippen LogP contribution in [0.3, 0.4) is 0 Å². The molecule has 0 unspecified atom stereocenters. The molecule has 2 aromatic rings. The average molecular weight is 506 g/mol. The molecule has 2 atom stereocenters. The van der Waals surface area contributed by atoms with Crippen molar-refractivity contribution in [1.29, 1.82) is 0 Å². The van der Waals surface area contributed by atoms with Crippen LogP contribution in [0, 0.1) is 0 Å². The molecule has 5 N–H and O–H groups in total. The fraction of sp³-hybridized carbons (Fsp3) is 0.391. The fourth-order valence-corrected chi connectivity index (χ4v) is 3.93. The van der Waals surface area contributed by atoms with Crippen molar-refractivity contribution < 1.29 is 23.9 Å². The Morgan fingerprint density at radius 2 is 1.97 bits per heavy atom. The zero-order valence-corrected chi connectivity index (χ0v) is 20.2. The molecule has 35 heavy (non-hydrogen) atoms. The number of anilines is 2. The SMILES string of the molecule is CCOC(=O)c1ccc(NC(=O)CN2CC[C@H](NC(=O)c3cc(Cl)c(N)[nH]c3=O)[C@H](OC)C2)cc1. The fourth-order valence-electron chi connectivity index (χ4n) is 3.77. The average Bonchev–Trinajstić information content (AvgIpc) is 2.82. The van der Waals surface area contributed by atoms with Crippen molar-refractivity contribution >= 4 is 40.9 Å². The van der Waals surface area contributed by atoms with E-state index in [1.165, 1.54) is 13.2 Å². The molecular formula is C23H28ClN5O6. The van der Waals surface area contributed by atoms with E-state index in [9.17, 15) is 19.2 Å². The van der Waals surface area contributed by atoms with Crippen LogP contribution in [0.5, 0.6) is 0 Å². The lowest BCUT2D eigenvalue weighted by Gasteiger charge is -2.37. The predicted molar refractivity (Wildman–Crippen MR) is 131 cm³/mol. The largest absolute Gasteiger partial charge is 0.462 e. The maximum Gasteiger partial charge on any atom is 0.338 e. The van der Waals surface area contributed by atoms with Gasteiger partial charge in [-0.25, -0.2) is 4.79 Å². The van der Waals surface area contributed by atoms with E-state index in [0.717, 1.165) is 0 Å². The number of carbonyl (C=O) groups is 3. The summed E-state index contributed by atoms with van der Waals surface area (Å²) in [6, 6.07) is 7.30. The third-order valence-electron chi connectivity index (χ3n) is 5.58. The number of aromatic amines is 1. The summed E-state index contributed by atoms with van der Waals surface area (Å²) < 4.78 is 10.5. The number of hydrogen-bond donors (Lipinski definition) is 4. The minimum atomic E-state index is -0.636. The molecule has 0 spiro atoms. The molecular weight excluding hydrogens is 478 g/mol. The third-order valence-corrected chi connectivity index (χ3v) is 5.89. The Bertz CT molecular complexity index is 1140. The van der Waals surface area contributed by atoms with Gasteiger partial charge in [0.2, 0.25) is 5.91 Å². The smallest absolute Gasteiger partial charge is 0.338 e. The molecule has 2 heterocycles. The summed E-state index contributed by atoms with van der Waals surface area (Å²) in [5.41, 5.74) is 5.73. The molecule has 0 aliphatic carbocycles. The maximum absolute atomic E-state index is 12.6. The molecule has 2 amide bonds. The monoisotopic (exact) mass is 505 g/mol. The number of nitrogens with one attached hydrogen (secondary N) is 3. The first-order chi connectivity index (χ1) is 16.7. The van der Waals surface area contributed by atoms with E-state index in [1.54, 1.807) is 31.2 Å². The Hall–Kier alpha value is -3.41. The Labute approximate surface area is 206 Å². The molecule has 0 saturated carbocycles. The third kappa shape index (κ3) is 6.81. The molecule has 0 radical (unpaired) electrons. The van der Waals surface area contributed by atoms with Gasteiger partial charge in [0.25, 0.3) is 11.5 Å². The molecule has 1 aromatic heterocycles. The number of hydrogen-bond acceptors (Lipinski definition) is 8. The van der Waals surface area contributed by atoms with Crippen LogP contribution >= 0.6 is 11.6 Å². The quantitative estimate of drug-likeness (QED) is 0.390. The van der Waals surface area contributed by atoms with E-state index < -0.39 is 23.5 Å². The summed E-state index contributed by atoms with van der Waals surface area (Å²) in [6.45, 7) is 3.06. The Morgan fingerprint density at radius 3 is 2.63 bits per heavy atom. The normalized spacial score (nSPS) is 18.0. The number of esters is 1. The van der Waals surface area contributed by atoms with Crippen molar-refractivity contribution in [2.75, 3.05) is 44.4 Å². The Balaban J connectivity index is 1.54. The number of H-pyrrole nitrogens is 1. The Kier molecular flexibility index (Phi) is 8.85. The van der Waals surface area contributed by atoms with Gasteiger partial charge in [0, 0.05) is 25.9 Å². The highest BCUT2D eigenvalue weighted by molar-refractivity contribution is 6.33. The molecule has 12 heteroatoms. The van der Waals surface area contributed by atoms with Crippen molar-refractivity contribution in [2.45, 2.75) is 25.5 Å². The van der Waals surface area contributed by atoms with Crippen molar-refractivity contribution in [3.8, 4) is 0 Å². The number of benzene rings is 1. The number of ether oxygens (including phenoxy) is 2. The van der Waals surface area contributed by atoms with Crippen LogP contribution in [-0.4, -0.2) is 73.2 Å². The number of methoxy groups -OCH3 is 1. The number of halogens is 1. The number of nitrogen functional groups attached to an aromatic ring is 1. The predicted octanol–water partition coefficient (Wildman–Crippen LogP) is 1.25. The van der Waals surface area contributed by atoms with Gasteiger partial charge in [-0.1, -0.05) is 11.6 Å². The number of amides is 2. The van der Waals surface area contributed by atoms with E-state index in [-0.39, 0.29) is 41.5 Å². The van der Waals surface area contributed by atoms with Crippen LogP contribution < -0.4 is 21.9 Å². The number of carbonyl (C=O) groups excluding carboxylic acids is 3. The van der Waals surface area contributed by atoms with Crippen LogP contribution in [0.15, 0.2) is 35.1 Å². The number of rotatable bonds is 8. The highest BCUT2D eigenvalue weighted by Gasteiger charge is 2.32. The highest BCUT2D eigenvalue weighted by atomic mass is 35.5. The van der Waals surface area contributed by atoms with Gasteiger partial charge in [0.05, 0.1) is 35.9 Å². The lowest BCUT2D eigenvalue weighted by molar-refractivity contribution is -0.118. The van der Waals surface area contributed by atoms with E-state index in [2.05, 4.69) is 15.6 Å². The molecule has 1 saturated heterocycles. The minimum Gasteiger partial charge on any atom is -0.462 e. The van der Waals surface area contributed by atoms with Gasteiger partial charge in [-0.05, 0) is 43.7 Å². The second kappa shape index (κ2) is 11.8. The van der Waals surface area contributed by atoms with E-state index >= 15 is 0 Å².